The Bertz CT molecular complexity index is 772. The van der Waals surface area contributed by atoms with Gasteiger partial charge in [0.2, 0.25) is 5.91 Å². The SMILES string of the molecule is Cc1nn(C)c(C)c1[C@H]1[C@H](NCC(O)Cc2ccccc2)CC(=O)N1C. The second-order valence-corrected chi connectivity index (χ2v) is 7.22. The first-order valence-electron chi connectivity index (χ1n) is 9.09. The maximum Gasteiger partial charge on any atom is 0.224 e. The van der Waals surface area contributed by atoms with Crippen molar-refractivity contribution in [2.45, 2.75) is 44.9 Å². The van der Waals surface area contributed by atoms with Crippen LogP contribution in [-0.4, -0.2) is 51.4 Å². The first kappa shape index (κ1) is 18.6. The Morgan fingerprint density at radius 2 is 1.96 bits per heavy atom. The maximum atomic E-state index is 12.3. The number of aliphatic hydroxyl groups is 1. The van der Waals surface area contributed by atoms with Crippen molar-refractivity contribution in [3.05, 3.63) is 52.8 Å². The number of hydrogen-bond donors (Lipinski definition) is 2. The monoisotopic (exact) mass is 356 g/mol. The average Bonchev–Trinajstić information content (AvgIpc) is 3.02. The number of nitrogens with zero attached hydrogens (tertiary/aromatic N) is 3. The molecule has 1 aliphatic rings. The zero-order valence-corrected chi connectivity index (χ0v) is 15.9. The van der Waals surface area contributed by atoms with E-state index in [9.17, 15) is 9.90 Å². The molecule has 1 fully saturated rings. The Morgan fingerprint density at radius 3 is 2.58 bits per heavy atom. The number of amides is 1. The molecule has 6 heteroatoms. The first-order valence-corrected chi connectivity index (χ1v) is 9.09. The minimum atomic E-state index is -0.491. The predicted octanol–water partition coefficient (Wildman–Crippen LogP) is 1.50. The van der Waals surface area contributed by atoms with Gasteiger partial charge in [-0.25, -0.2) is 0 Å². The van der Waals surface area contributed by atoms with Gasteiger partial charge in [0.25, 0.3) is 0 Å². The highest BCUT2D eigenvalue weighted by atomic mass is 16.3. The number of rotatable bonds is 6. The van der Waals surface area contributed by atoms with Gasteiger partial charge < -0.3 is 15.3 Å². The van der Waals surface area contributed by atoms with Crippen LogP contribution in [-0.2, 0) is 18.3 Å². The summed E-state index contributed by atoms with van der Waals surface area (Å²) in [5.74, 6) is 0.118. The second-order valence-electron chi connectivity index (χ2n) is 7.22. The van der Waals surface area contributed by atoms with Crippen molar-refractivity contribution in [2.75, 3.05) is 13.6 Å². The van der Waals surface area contributed by atoms with E-state index in [2.05, 4.69) is 10.4 Å². The molecule has 1 saturated heterocycles. The van der Waals surface area contributed by atoms with Crippen LogP contribution in [0.2, 0.25) is 0 Å². The molecule has 1 amide bonds. The number of likely N-dealkylation sites (tertiary alicyclic amines) is 1. The topological polar surface area (TPSA) is 70.4 Å². The molecule has 0 bridgehead atoms. The van der Waals surface area contributed by atoms with E-state index < -0.39 is 6.10 Å². The summed E-state index contributed by atoms with van der Waals surface area (Å²) in [6.07, 6.45) is 0.544. The summed E-state index contributed by atoms with van der Waals surface area (Å²) < 4.78 is 1.86. The Morgan fingerprint density at radius 1 is 1.27 bits per heavy atom. The van der Waals surface area contributed by atoms with Crippen LogP contribution in [0.25, 0.3) is 0 Å². The number of aryl methyl sites for hydroxylation is 2. The molecule has 1 unspecified atom stereocenters. The summed E-state index contributed by atoms with van der Waals surface area (Å²) in [7, 11) is 3.77. The summed E-state index contributed by atoms with van der Waals surface area (Å²) >= 11 is 0. The molecule has 3 rings (SSSR count). The van der Waals surface area contributed by atoms with Gasteiger partial charge in [-0.05, 0) is 25.8 Å². The Labute approximate surface area is 154 Å². The lowest BCUT2D eigenvalue weighted by Gasteiger charge is -2.27. The van der Waals surface area contributed by atoms with Crippen LogP contribution >= 0.6 is 0 Å². The second kappa shape index (κ2) is 7.60. The van der Waals surface area contributed by atoms with Gasteiger partial charge in [0, 0.05) is 44.4 Å². The van der Waals surface area contributed by atoms with Crippen molar-refractivity contribution in [1.82, 2.24) is 20.0 Å². The van der Waals surface area contributed by atoms with Gasteiger partial charge in [0.1, 0.15) is 0 Å². The smallest absolute Gasteiger partial charge is 0.224 e. The van der Waals surface area contributed by atoms with E-state index in [4.69, 9.17) is 0 Å². The van der Waals surface area contributed by atoms with Crippen LogP contribution in [0.15, 0.2) is 30.3 Å². The minimum absolute atomic E-state index is 0.0282. The highest BCUT2D eigenvalue weighted by Crippen LogP contribution is 2.35. The highest BCUT2D eigenvalue weighted by molar-refractivity contribution is 5.80. The molecule has 6 nitrogen and oxygen atoms in total. The van der Waals surface area contributed by atoms with E-state index in [0.29, 0.717) is 19.4 Å². The summed E-state index contributed by atoms with van der Waals surface area (Å²) in [6.45, 7) is 4.48. The molecule has 1 aromatic carbocycles. The number of carbonyl (C=O) groups excluding carboxylic acids is 1. The summed E-state index contributed by atoms with van der Waals surface area (Å²) in [5, 5.41) is 18.3. The lowest BCUT2D eigenvalue weighted by molar-refractivity contribution is -0.127. The number of aliphatic hydroxyl groups excluding tert-OH is 1. The zero-order chi connectivity index (χ0) is 18.8. The fourth-order valence-electron chi connectivity index (χ4n) is 3.91. The van der Waals surface area contributed by atoms with Crippen LogP contribution in [0, 0.1) is 13.8 Å². The van der Waals surface area contributed by atoms with Crippen molar-refractivity contribution in [3.63, 3.8) is 0 Å². The van der Waals surface area contributed by atoms with Gasteiger partial charge >= 0.3 is 0 Å². The molecule has 1 aromatic heterocycles. The van der Waals surface area contributed by atoms with Crippen molar-refractivity contribution in [3.8, 4) is 0 Å². The van der Waals surface area contributed by atoms with Gasteiger partial charge in [0.05, 0.1) is 17.8 Å². The third-order valence-corrected chi connectivity index (χ3v) is 5.38. The minimum Gasteiger partial charge on any atom is -0.391 e. The van der Waals surface area contributed by atoms with Gasteiger partial charge in [-0.3, -0.25) is 9.48 Å². The highest BCUT2D eigenvalue weighted by Gasteiger charge is 2.40. The fraction of sp³-hybridized carbons (Fsp3) is 0.500. The first-order chi connectivity index (χ1) is 12.4. The molecule has 0 spiro atoms. The van der Waals surface area contributed by atoms with Gasteiger partial charge in [-0.2, -0.15) is 5.10 Å². The number of aromatic nitrogens is 2. The predicted molar refractivity (Wildman–Crippen MR) is 101 cm³/mol. The van der Waals surface area contributed by atoms with E-state index >= 15 is 0 Å². The molecule has 1 aliphatic heterocycles. The fourth-order valence-corrected chi connectivity index (χ4v) is 3.91. The zero-order valence-electron chi connectivity index (χ0n) is 15.9. The Hall–Kier alpha value is -2.18. The van der Waals surface area contributed by atoms with Gasteiger partial charge in [-0.1, -0.05) is 30.3 Å². The third kappa shape index (κ3) is 3.66. The van der Waals surface area contributed by atoms with Crippen LogP contribution in [0.1, 0.15) is 35.0 Å². The van der Waals surface area contributed by atoms with Crippen molar-refractivity contribution < 1.29 is 9.90 Å². The Kier molecular flexibility index (Phi) is 5.44. The van der Waals surface area contributed by atoms with E-state index in [1.165, 1.54) is 0 Å². The summed E-state index contributed by atoms with van der Waals surface area (Å²) in [6, 6.07) is 9.87. The van der Waals surface area contributed by atoms with Crippen molar-refractivity contribution in [1.29, 1.82) is 0 Å². The maximum absolute atomic E-state index is 12.3. The molecule has 26 heavy (non-hydrogen) atoms. The quantitative estimate of drug-likeness (QED) is 0.823. The van der Waals surface area contributed by atoms with Gasteiger partial charge in [-0.15, -0.1) is 0 Å². The normalized spacial score (nSPS) is 21.4. The standard InChI is InChI=1S/C20H28N4O2/c1-13-19(14(2)24(4)22-13)20-17(11-18(26)23(20)3)21-12-16(25)10-15-8-6-5-7-9-15/h5-9,16-17,20-21,25H,10-12H2,1-4H3/t16?,17-,20-/m1/s1. The van der Waals surface area contributed by atoms with Gasteiger partial charge in [0.15, 0.2) is 0 Å². The number of likely N-dealkylation sites (N-methyl/N-ethyl adjacent to an activating group) is 1. The molecule has 2 N–H and O–H groups in total. The third-order valence-electron chi connectivity index (χ3n) is 5.38. The van der Waals surface area contributed by atoms with Crippen molar-refractivity contribution >= 4 is 5.91 Å². The van der Waals surface area contributed by atoms with Crippen LogP contribution in [0.4, 0.5) is 0 Å². The molecular formula is C20H28N4O2. The van der Waals surface area contributed by atoms with E-state index in [-0.39, 0.29) is 18.0 Å². The molecule has 0 radical (unpaired) electrons. The largest absolute Gasteiger partial charge is 0.391 e. The average molecular weight is 356 g/mol. The number of hydrogen-bond acceptors (Lipinski definition) is 4. The molecular weight excluding hydrogens is 328 g/mol. The van der Waals surface area contributed by atoms with E-state index in [1.807, 2.05) is 63.0 Å². The summed E-state index contributed by atoms with van der Waals surface area (Å²) in [5.41, 5.74) is 4.24. The molecule has 0 aliphatic carbocycles. The number of nitrogens with one attached hydrogen (secondary N) is 1. The van der Waals surface area contributed by atoms with E-state index in [0.717, 1.165) is 22.5 Å². The number of carbonyl (C=O) groups is 1. The molecule has 140 valence electrons. The van der Waals surface area contributed by atoms with Crippen LogP contribution in [0.3, 0.4) is 0 Å². The lowest BCUT2D eigenvalue weighted by Crippen LogP contribution is -2.40. The Balaban J connectivity index is 1.70. The number of benzene rings is 1. The van der Waals surface area contributed by atoms with Crippen LogP contribution < -0.4 is 5.32 Å². The molecule has 2 aromatic rings. The molecule has 0 saturated carbocycles. The molecule has 3 atom stereocenters. The van der Waals surface area contributed by atoms with Crippen LogP contribution in [0.5, 0.6) is 0 Å². The van der Waals surface area contributed by atoms with E-state index in [1.54, 1.807) is 4.90 Å². The lowest BCUT2D eigenvalue weighted by atomic mass is 9.98. The summed E-state index contributed by atoms with van der Waals surface area (Å²) in [4.78, 5) is 14.1. The molecule has 2 heterocycles. The van der Waals surface area contributed by atoms with Crippen molar-refractivity contribution in [2.24, 2.45) is 7.05 Å².